The summed E-state index contributed by atoms with van der Waals surface area (Å²) in [6, 6.07) is 0. The van der Waals surface area contributed by atoms with E-state index >= 15 is 0 Å². The minimum Gasteiger partial charge on any atom is -0.378 e. The van der Waals surface area contributed by atoms with Crippen molar-refractivity contribution in [1.82, 2.24) is 10.3 Å². The lowest BCUT2D eigenvalue weighted by atomic mass is 10.3. The normalized spacial score (nSPS) is 10.8. The van der Waals surface area contributed by atoms with Gasteiger partial charge in [-0.25, -0.2) is 4.98 Å². The Balaban J connectivity index is 2.70. The molecule has 0 amide bonds. The lowest BCUT2D eigenvalue weighted by molar-refractivity contribution is 0.181. The molecule has 1 rings (SSSR count). The Morgan fingerprint density at radius 3 is 2.75 bits per heavy atom. The second kappa shape index (κ2) is 6.83. The van der Waals surface area contributed by atoms with E-state index in [0.717, 1.165) is 30.3 Å². The van der Waals surface area contributed by atoms with Crippen molar-refractivity contribution in [2.24, 2.45) is 0 Å². The van der Waals surface area contributed by atoms with Crippen LogP contribution in [0.2, 0.25) is 0 Å². The van der Waals surface area contributed by atoms with Crippen LogP contribution in [0, 0.1) is 0 Å². The highest BCUT2D eigenvalue weighted by Crippen LogP contribution is 2.25. The van der Waals surface area contributed by atoms with Crippen LogP contribution < -0.4 is 10.2 Å². The van der Waals surface area contributed by atoms with Gasteiger partial charge in [-0.15, -0.1) is 11.3 Å². The molecule has 0 spiro atoms. The monoisotopic (exact) mass is 243 g/mol. The van der Waals surface area contributed by atoms with Crippen LogP contribution in [0.4, 0.5) is 5.13 Å². The first-order valence-electron chi connectivity index (χ1n) is 5.54. The van der Waals surface area contributed by atoms with Gasteiger partial charge in [-0.1, -0.05) is 6.92 Å². The molecule has 1 heterocycles. The summed E-state index contributed by atoms with van der Waals surface area (Å²) in [6.07, 6.45) is 1.15. The van der Waals surface area contributed by atoms with Crippen molar-refractivity contribution >= 4 is 16.5 Å². The molecule has 5 heteroatoms. The third kappa shape index (κ3) is 3.73. The second-order valence-electron chi connectivity index (χ2n) is 3.87. The molecule has 0 aliphatic rings. The fraction of sp³-hybridized carbons (Fsp3) is 0.727. The molecule has 1 N–H and O–H groups in total. The smallest absolute Gasteiger partial charge is 0.185 e. The van der Waals surface area contributed by atoms with Gasteiger partial charge >= 0.3 is 0 Å². The number of hydrogen-bond donors (Lipinski definition) is 1. The number of nitrogens with one attached hydrogen (secondary N) is 1. The van der Waals surface area contributed by atoms with Crippen LogP contribution in [0.1, 0.15) is 23.9 Å². The van der Waals surface area contributed by atoms with Crippen LogP contribution in [0.5, 0.6) is 0 Å². The Bertz CT molecular complexity index is 312. The van der Waals surface area contributed by atoms with Crippen molar-refractivity contribution in [1.29, 1.82) is 0 Å². The Morgan fingerprint density at radius 2 is 2.19 bits per heavy atom. The topological polar surface area (TPSA) is 37.4 Å². The van der Waals surface area contributed by atoms with Crippen LogP contribution in [0.25, 0.3) is 0 Å². The molecule has 0 aromatic carbocycles. The van der Waals surface area contributed by atoms with Gasteiger partial charge in [0.05, 0.1) is 12.3 Å². The third-order valence-electron chi connectivity index (χ3n) is 2.14. The van der Waals surface area contributed by atoms with E-state index in [9.17, 15) is 0 Å². The quantitative estimate of drug-likeness (QED) is 0.742. The number of thiazole rings is 1. The molecule has 0 radical (unpaired) electrons. The van der Waals surface area contributed by atoms with Crippen LogP contribution >= 0.6 is 11.3 Å². The summed E-state index contributed by atoms with van der Waals surface area (Å²) >= 11 is 1.73. The minimum atomic E-state index is 0.591. The molecule has 0 bridgehead atoms. The van der Waals surface area contributed by atoms with E-state index < -0.39 is 0 Å². The molecule has 0 atom stereocenters. The summed E-state index contributed by atoms with van der Waals surface area (Å²) in [7, 11) is 5.73. The maximum atomic E-state index is 5.17. The van der Waals surface area contributed by atoms with Gasteiger partial charge in [-0.3, -0.25) is 0 Å². The lowest BCUT2D eigenvalue weighted by Crippen LogP contribution is -2.14. The van der Waals surface area contributed by atoms with Crippen molar-refractivity contribution < 1.29 is 4.74 Å². The molecule has 0 saturated carbocycles. The molecule has 92 valence electrons. The minimum absolute atomic E-state index is 0.591. The van der Waals surface area contributed by atoms with Crippen LogP contribution in [-0.4, -0.2) is 32.7 Å². The summed E-state index contributed by atoms with van der Waals surface area (Å²) in [5.41, 5.74) is 1.06. The number of nitrogens with zero attached hydrogens (tertiary/aromatic N) is 2. The van der Waals surface area contributed by atoms with Gasteiger partial charge in [0.2, 0.25) is 0 Å². The molecule has 16 heavy (non-hydrogen) atoms. The van der Waals surface area contributed by atoms with E-state index in [1.54, 1.807) is 18.4 Å². The zero-order valence-electron chi connectivity index (χ0n) is 10.5. The summed E-state index contributed by atoms with van der Waals surface area (Å²) in [5, 5.41) is 4.44. The van der Waals surface area contributed by atoms with Gasteiger partial charge in [0.1, 0.15) is 0 Å². The van der Waals surface area contributed by atoms with Crippen molar-refractivity contribution in [3.63, 3.8) is 0 Å². The molecule has 0 aliphatic heterocycles. The van der Waals surface area contributed by atoms with Crippen LogP contribution in [0.3, 0.4) is 0 Å². The van der Waals surface area contributed by atoms with E-state index in [0.29, 0.717) is 6.61 Å². The van der Waals surface area contributed by atoms with Gasteiger partial charge in [-0.05, 0) is 13.0 Å². The zero-order valence-corrected chi connectivity index (χ0v) is 11.4. The number of hydrogen-bond acceptors (Lipinski definition) is 5. The van der Waals surface area contributed by atoms with Crippen LogP contribution in [0.15, 0.2) is 0 Å². The van der Waals surface area contributed by atoms with Gasteiger partial charge in [-0.2, -0.15) is 0 Å². The molecule has 4 nitrogen and oxygen atoms in total. The molecular weight excluding hydrogens is 222 g/mol. The zero-order chi connectivity index (χ0) is 12.0. The number of methoxy groups -OCH3 is 1. The van der Waals surface area contributed by atoms with Gasteiger partial charge in [0, 0.05) is 32.6 Å². The molecule has 0 unspecified atom stereocenters. The molecule has 1 aromatic heterocycles. The van der Waals surface area contributed by atoms with E-state index in [4.69, 9.17) is 4.74 Å². The summed E-state index contributed by atoms with van der Waals surface area (Å²) in [6.45, 7) is 4.69. The third-order valence-corrected chi connectivity index (χ3v) is 3.41. The fourth-order valence-corrected chi connectivity index (χ4v) is 2.28. The SMILES string of the molecule is CCCNCc1sc(N(C)C)nc1COC. The summed E-state index contributed by atoms with van der Waals surface area (Å²) in [4.78, 5) is 7.87. The summed E-state index contributed by atoms with van der Waals surface area (Å²) < 4.78 is 5.17. The average Bonchev–Trinajstić information content (AvgIpc) is 2.63. The first kappa shape index (κ1) is 13.4. The standard InChI is InChI=1S/C11H21N3OS/c1-5-6-12-7-10-9(8-15-4)13-11(16-10)14(2)3/h12H,5-8H2,1-4H3. The fourth-order valence-electron chi connectivity index (χ4n) is 1.33. The van der Waals surface area contributed by atoms with Crippen molar-refractivity contribution in [3.05, 3.63) is 10.6 Å². The molecule has 0 fully saturated rings. The number of rotatable bonds is 7. The predicted molar refractivity (Wildman–Crippen MR) is 69.2 cm³/mol. The predicted octanol–water partition coefficient (Wildman–Crippen LogP) is 1.86. The average molecular weight is 243 g/mol. The lowest BCUT2D eigenvalue weighted by Gasteiger charge is -2.05. The Labute approximate surface area is 102 Å². The molecule has 1 aromatic rings. The molecular formula is C11H21N3OS. The second-order valence-corrected chi connectivity index (χ2v) is 4.93. The van der Waals surface area contributed by atoms with E-state index in [1.807, 2.05) is 19.0 Å². The first-order chi connectivity index (χ1) is 7.69. The highest BCUT2D eigenvalue weighted by molar-refractivity contribution is 7.15. The van der Waals surface area contributed by atoms with E-state index in [2.05, 4.69) is 17.2 Å². The maximum absolute atomic E-state index is 5.17. The number of ether oxygens (including phenoxy) is 1. The number of anilines is 1. The van der Waals surface area contributed by atoms with E-state index in [1.165, 1.54) is 4.88 Å². The number of aromatic nitrogens is 1. The Morgan fingerprint density at radius 1 is 1.44 bits per heavy atom. The Hall–Kier alpha value is -0.650. The largest absolute Gasteiger partial charge is 0.378 e. The van der Waals surface area contributed by atoms with Crippen molar-refractivity contribution in [2.75, 3.05) is 32.6 Å². The molecule has 0 aliphatic carbocycles. The molecule has 0 saturated heterocycles. The summed E-state index contributed by atoms with van der Waals surface area (Å²) in [5.74, 6) is 0. The van der Waals surface area contributed by atoms with E-state index in [-0.39, 0.29) is 0 Å². The highest BCUT2D eigenvalue weighted by atomic mass is 32.1. The van der Waals surface area contributed by atoms with Gasteiger partial charge in [0.15, 0.2) is 5.13 Å². The van der Waals surface area contributed by atoms with Gasteiger partial charge < -0.3 is 15.0 Å². The van der Waals surface area contributed by atoms with Crippen molar-refractivity contribution in [3.8, 4) is 0 Å². The Kier molecular flexibility index (Phi) is 5.73. The first-order valence-corrected chi connectivity index (χ1v) is 6.36. The highest BCUT2D eigenvalue weighted by Gasteiger charge is 2.11. The van der Waals surface area contributed by atoms with Gasteiger partial charge in [0.25, 0.3) is 0 Å². The maximum Gasteiger partial charge on any atom is 0.185 e. The van der Waals surface area contributed by atoms with Crippen LogP contribution in [-0.2, 0) is 17.9 Å². The van der Waals surface area contributed by atoms with Crippen molar-refractivity contribution in [2.45, 2.75) is 26.5 Å².